The molecule has 0 aliphatic heterocycles. The van der Waals surface area contributed by atoms with E-state index >= 15 is 0 Å². The minimum Gasteiger partial charge on any atom is -0.291 e. The van der Waals surface area contributed by atoms with Crippen LogP contribution in [0.2, 0.25) is 0 Å². The molecule has 0 saturated carbocycles. The van der Waals surface area contributed by atoms with Crippen LogP contribution in [0.5, 0.6) is 0 Å². The van der Waals surface area contributed by atoms with Crippen molar-refractivity contribution in [2.45, 2.75) is 0 Å². The van der Waals surface area contributed by atoms with Crippen molar-refractivity contribution in [1.29, 1.82) is 5.26 Å². The summed E-state index contributed by atoms with van der Waals surface area (Å²) in [5.74, 6) is 0. The molecule has 232 valence electrons. The Morgan fingerprint density at radius 3 is 1.70 bits per heavy atom. The third-order valence-electron chi connectivity index (χ3n) is 9.88. The summed E-state index contributed by atoms with van der Waals surface area (Å²) in [4.78, 5) is 5.15. The van der Waals surface area contributed by atoms with Gasteiger partial charge in [-0.05, 0) is 86.1 Å². The lowest BCUT2D eigenvalue weighted by Gasteiger charge is -2.14. The van der Waals surface area contributed by atoms with Crippen LogP contribution in [0.25, 0.3) is 92.3 Å². The molecule has 4 heteroatoms. The third-order valence-corrected chi connectivity index (χ3v) is 11.1. The number of pyridine rings is 1. The SMILES string of the molecule is N#Cc1ccc(-c2ccc(-c3ccc(-c4ccc(-c5cc6c7ccccc7sc6c6nc7ccccc7n56)cc4)c4ccccc34)cc2)cc1. The highest BCUT2D eigenvalue weighted by molar-refractivity contribution is 7.26. The molecule has 0 fully saturated rings. The molecule has 0 saturated heterocycles. The highest BCUT2D eigenvalue weighted by Gasteiger charge is 2.18. The van der Waals surface area contributed by atoms with Crippen LogP contribution in [0, 0.1) is 11.3 Å². The highest BCUT2D eigenvalue weighted by atomic mass is 32.1. The van der Waals surface area contributed by atoms with Crippen LogP contribution in [0.3, 0.4) is 0 Å². The molecule has 0 radical (unpaired) electrons. The van der Waals surface area contributed by atoms with Crippen molar-refractivity contribution in [3.05, 3.63) is 169 Å². The van der Waals surface area contributed by atoms with E-state index in [1.165, 1.54) is 53.2 Å². The number of thiophene rings is 1. The molecule has 0 aliphatic carbocycles. The lowest BCUT2D eigenvalue weighted by molar-refractivity contribution is 1.25. The molecule has 3 aromatic heterocycles. The number of hydrogen-bond donors (Lipinski definition) is 0. The van der Waals surface area contributed by atoms with Crippen LogP contribution >= 0.6 is 11.3 Å². The topological polar surface area (TPSA) is 41.1 Å². The number of imidazole rings is 1. The van der Waals surface area contributed by atoms with Gasteiger partial charge in [-0.15, -0.1) is 11.3 Å². The van der Waals surface area contributed by atoms with Crippen molar-refractivity contribution in [3.63, 3.8) is 0 Å². The van der Waals surface area contributed by atoms with Gasteiger partial charge in [0.2, 0.25) is 0 Å². The smallest absolute Gasteiger partial charge is 0.156 e. The third kappa shape index (κ3) is 4.45. The molecule has 10 rings (SSSR count). The number of benzene rings is 7. The van der Waals surface area contributed by atoms with Gasteiger partial charge in [-0.3, -0.25) is 4.40 Å². The van der Waals surface area contributed by atoms with Gasteiger partial charge in [-0.2, -0.15) is 5.26 Å². The number of nitrogens with zero attached hydrogens (tertiary/aromatic N) is 3. The number of nitriles is 1. The van der Waals surface area contributed by atoms with Crippen LogP contribution < -0.4 is 0 Å². The van der Waals surface area contributed by atoms with E-state index in [1.54, 1.807) is 0 Å². The predicted octanol–water partition coefficient (Wildman–Crippen LogP) is 12.5. The first-order valence-corrected chi connectivity index (χ1v) is 17.5. The van der Waals surface area contributed by atoms with E-state index in [-0.39, 0.29) is 0 Å². The molecule has 0 aliphatic rings. The summed E-state index contributed by atoms with van der Waals surface area (Å²) in [5, 5.41) is 14.1. The van der Waals surface area contributed by atoms with Crippen LogP contribution in [0.15, 0.2) is 164 Å². The lowest BCUT2D eigenvalue weighted by Crippen LogP contribution is -1.93. The van der Waals surface area contributed by atoms with Crippen molar-refractivity contribution in [3.8, 4) is 50.7 Å². The molecule has 10 aromatic rings. The molecule has 50 heavy (non-hydrogen) atoms. The Balaban J connectivity index is 1.07. The van der Waals surface area contributed by atoms with Gasteiger partial charge in [0.05, 0.1) is 33.1 Å². The zero-order valence-electron chi connectivity index (χ0n) is 26.8. The summed E-state index contributed by atoms with van der Waals surface area (Å²) in [6.45, 7) is 0. The highest BCUT2D eigenvalue weighted by Crippen LogP contribution is 2.41. The zero-order valence-corrected chi connectivity index (χ0v) is 27.7. The molecule has 0 atom stereocenters. The molecule has 7 aromatic carbocycles. The second kappa shape index (κ2) is 11.3. The van der Waals surface area contributed by atoms with E-state index < -0.39 is 0 Å². The van der Waals surface area contributed by atoms with Crippen LogP contribution in [-0.4, -0.2) is 9.38 Å². The van der Waals surface area contributed by atoms with Gasteiger partial charge in [-0.25, -0.2) is 4.98 Å². The number of rotatable bonds is 4. The number of hydrogen-bond acceptors (Lipinski definition) is 3. The van der Waals surface area contributed by atoms with Gasteiger partial charge in [0.15, 0.2) is 5.65 Å². The van der Waals surface area contributed by atoms with Crippen molar-refractivity contribution in [2.24, 2.45) is 0 Å². The average molecular weight is 654 g/mol. The first kappa shape index (κ1) is 28.5. The van der Waals surface area contributed by atoms with Crippen LogP contribution in [-0.2, 0) is 0 Å². The maximum absolute atomic E-state index is 9.16. The Labute approximate surface area is 292 Å². The largest absolute Gasteiger partial charge is 0.291 e. The van der Waals surface area contributed by atoms with Gasteiger partial charge in [0.25, 0.3) is 0 Å². The average Bonchev–Trinajstić information content (AvgIpc) is 3.77. The van der Waals surface area contributed by atoms with E-state index in [2.05, 4.69) is 150 Å². The zero-order chi connectivity index (χ0) is 33.2. The number of para-hydroxylation sites is 2. The maximum atomic E-state index is 9.16. The minimum absolute atomic E-state index is 0.671. The van der Waals surface area contributed by atoms with Crippen LogP contribution in [0.1, 0.15) is 5.56 Å². The minimum atomic E-state index is 0.671. The molecule has 3 nitrogen and oxygen atoms in total. The summed E-state index contributed by atoms with van der Waals surface area (Å²) in [6.07, 6.45) is 0. The molecule has 0 bridgehead atoms. The van der Waals surface area contributed by atoms with Crippen molar-refractivity contribution in [1.82, 2.24) is 9.38 Å². The standard InChI is InChI=1S/C46H27N3S/c47-28-29-13-15-30(16-14-29)31-17-19-32(20-18-31)35-25-26-36(38-8-2-1-7-37(35)38)33-21-23-34(24-22-33)43-27-40-39-9-3-6-12-44(39)50-45(40)46-48-41-10-4-5-11-42(41)49(43)46/h1-27H. The Bertz CT molecular complexity index is 2960. The molecule has 0 amide bonds. The number of aromatic nitrogens is 2. The second-order valence-corrected chi connectivity index (χ2v) is 13.7. The maximum Gasteiger partial charge on any atom is 0.156 e. The summed E-state index contributed by atoms with van der Waals surface area (Å²) >= 11 is 1.82. The predicted molar refractivity (Wildman–Crippen MR) is 210 cm³/mol. The summed E-state index contributed by atoms with van der Waals surface area (Å²) in [6, 6.07) is 60.3. The normalized spacial score (nSPS) is 11.6. The lowest BCUT2D eigenvalue weighted by atomic mass is 9.91. The fraction of sp³-hybridized carbons (Fsp3) is 0. The molecule has 3 heterocycles. The first-order chi connectivity index (χ1) is 24.7. The quantitative estimate of drug-likeness (QED) is 0.190. The van der Waals surface area contributed by atoms with Gasteiger partial charge in [-0.1, -0.05) is 127 Å². The Hall–Kier alpha value is -6.54. The fourth-order valence-electron chi connectivity index (χ4n) is 7.41. The van der Waals surface area contributed by atoms with Gasteiger partial charge in [0, 0.05) is 15.5 Å². The van der Waals surface area contributed by atoms with Gasteiger partial charge < -0.3 is 0 Å². The van der Waals surface area contributed by atoms with Gasteiger partial charge in [0.1, 0.15) is 0 Å². The Morgan fingerprint density at radius 1 is 0.500 bits per heavy atom. The Kier molecular flexibility index (Phi) is 6.42. The summed E-state index contributed by atoms with van der Waals surface area (Å²) in [7, 11) is 0. The van der Waals surface area contributed by atoms with Gasteiger partial charge >= 0.3 is 0 Å². The first-order valence-electron chi connectivity index (χ1n) is 16.7. The molecule has 0 unspecified atom stereocenters. The van der Waals surface area contributed by atoms with Crippen molar-refractivity contribution in [2.75, 3.05) is 0 Å². The summed E-state index contributed by atoms with van der Waals surface area (Å²) in [5.41, 5.74) is 13.1. The molecular weight excluding hydrogens is 627 g/mol. The van der Waals surface area contributed by atoms with E-state index in [4.69, 9.17) is 10.2 Å². The molecular formula is C46H27N3S. The number of fused-ring (bicyclic) bond motifs is 8. The van der Waals surface area contributed by atoms with E-state index in [0.717, 1.165) is 39.1 Å². The van der Waals surface area contributed by atoms with Crippen LogP contribution in [0.4, 0.5) is 0 Å². The van der Waals surface area contributed by atoms with E-state index in [1.807, 2.05) is 35.6 Å². The monoisotopic (exact) mass is 653 g/mol. The molecule has 0 spiro atoms. The van der Waals surface area contributed by atoms with Crippen molar-refractivity contribution >= 4 is 59.0 Å². The summed E-state index contributed by atoms with van der Waals surface area (Å²) < 4.78 is 4.83. The van der Waals surface area contributed by atoms with E-state index in [0.29, 0.717) is 5.56 Å². The fourth-order valence-corrected chi connectivity index (χ4v) is 8.57. The van der Waals surface area contributed by atoms with E-state index in [9.17, 15) is 0 Å². The second-order valence-electron chi connectivity index (χ2n) is 12.7. The Morgan fingerprint density at radius 2 is 1.04 bits per heavy atom. The molecule has 0 N–H and O–H groups in total. The van der Waals surface area contributed by atoms with Crippen molar-refractivity contribution < 1.29 is 0 Å².